The molecule has 1 aliphatic rings. The highest BCUT2D eigenvalue weighted by Crippen LogP contribution is 2.17. The van der Waals surface area contributed by atoms with Crippen molar-refractivity contribution in [3.8, 4) is 0 Å². The van der Waals surface area contributed by atoms with Crippen LogP contribution in [-0.2, 0) is 11.2 Å². The van der Waals surface area contributed by atoms with Crippen LogP contribution in [0.25, 0.3) is 0 Å². The number of hydrogen-bond acceptors (Lipinski definition) is 1. The van der Waals surface area contributed by atoms with Crippen molar-refractivity contribution >= 4 is 5.91 Å². The van der Waals surface area contributed by atoms with Crippen molar-refractivity contribution in [3.63, 3.8) is 0 Å². The van der Waals surface area contributed by atoms with E-state index in [1.165, 1.54) is 18.4 Å². The lowest BCUT2D eigenvalue weighted by molar-refractivity contribution is -0.122. The number of hydrogen-bond donors (Lipinski definition) is 1. The van der Waals surface area contributed by atoms with Crippen LogP contribution in [0.3, 0.4) is 0 Å². The maximum Gasteiger partial charge on any atom is 0.220 e. The predicted molar refractivity (Wildman–Crippen MR) is 65.1 cm³/mol. The third-order valence-electron chi connectivity index (χ3n) is 3.29. The molecule has 1 unspecified atom stereocenters. The first-order valence-electron chi connectivity index (χ1n) is 6.15. The Hall–Kier alpha value is -1.31. The number of aryl methyl sites for hydroxylation is 1. The molecular formula is C14H19NO. The molecule has 0 bridgehead atoms. The molecule has 0 spiro atoms. The van der Waals surface area contributed by atoms with Crippen molar-refractivity contribution in [1.29, 1.82) is 0 Å². The highest BCUT2D eigenvalue weighted by atomic mass is 16.1. The summed E-state index contributed by atoms with van der Waals surface area (Å²) in [7, 11) is 0. The number of piperidine rings is 1. The molecule has 16 heavy (non-hydrogen) atoms. The summed E-state index contributed by atoms with van der Waals surface area (Å²) in [6.45, 7) is 0.883. The Morgan fingerprint density at radius 1 is 1.25 bits per heavy atom. The normalized spacial score (nSPS) is 20.5. The smallest absolute Gasteiger partial charge is 0.220 e. The van der Waals surface area contributed by atoms with Crippen LogP contribution in [-0.4, -0.2) is 12.5 Å². The highest BCUT2D eigenvalue weighted by Gasteiger charge is 2.16. The average molecular weight is 217 g/mol. The molecule has 0 saturated carbocycles. The van der Waals surface area contributed by atoms with E-state index in [9.17, 15) is 4.79 Å². The first-order chi connectivity index (χ1) is 7.84. The monoisotopic (exact) mass is 217 g/mol. The molecule has 0 aliphatic carbocycles. The third kappa shape index (κ3) is 3.37. The van der Waals surface area contributed by atoms with E-state index < -0.39 is 0 Å². The second-order valence-electron chi connectivity index (χ2n) is 4.59. The lowest BCUT2D eigenvalue weighted by Crippen LogP contribution is -2.34. The van der Waals surface area contributed by atoms with Gasteiger partial charge in [0.25, 0.3) is 0 Å². The van der Waals surface area contributed by atoms with Gasteiger partial charge in [0.15, 0.2) is 0 Å². The van der Waals surface area contributed by atoms with Gasteiger partial charge >= 0.3 is 0 Å². The number of carbonyl (C=O) groups is 1. The van der Waals surface area contributed by atoms with Gasteiger partial charge in [0.2, 0.25) is 5.91 Å². The highest BCUT2D eigenvalue weighted by molar-refractivity contribution is 5.76. The van der Waals surface area contributed by atoms with E-state index in [4.69, 9.17) is 0 Å². The molecule has 2 nitrogen and oxygen atoms in total. The second kappa shape index (κ2) is 5.69. The Morgan fingerprint density at radius 3 is 2.75 bits per heavy atom. The second-order valence-corrected chi connectivity index (χ2v) is 4.59. The van der Waals surface area contributed by atoms with Crippen molar-refractivity contribution < 1.29 is 4.79 Å². The quantitative estimate of drug-likeness (QED) is 0.825. The molecule has 0 radical (unpaired) electrons. The van der Waals surface area contributed by atoms with Crippen LogP contribution in [0.2, 0.25) is 0 Å². The van der Waals surface area contributed by atoms with Gasteiger partial charge in [0.05, 0.1) is 0 Å². The fourth-order valence-electron chi connectivity index (χ4n) is 2.27. The van der Waals surface area contributed by atoms with Crippen LogP contribution in [0.1, 0.15) is 31.2 Å². The number of benzene rings is 1. The molecule has 1 saturated heterocycles. The largest absolute Gasteiger partial charge is 0.356 e. The van der Waals surface area contributed by atoms with Crippen LogP contribution >= 0.6 is 0 Å². The summed E-state index contributed by atoms with van der Waals surface area (Å²) in [4.78, 5) is 11.0. The molecule has 1 atom stereocenters. The molecule has 1 aromatic carbocycles. The zero-order valence-corrected chi connectivity index (χ0v) is 9.61. The summed E-state index contributed by atoms with van der Waals surface area (Å²) in [6.07, 6.45) is 5.40. The van der Waals surface area contributed by atoms with Crippen molar-refractivity contribution in [2.45, 2.75) is 32.1 Å². The minimum atomic E-state index is 0.222. The first kappa shape index (κ1) is 11.2. The van der Waals surface area contributed by atoms with E-state index in [2.05, 4.69) is 35.6 Å². The molecule has 1 aliphatic heterocycles. The number of nitrogens with one attached hydrogen (secondary N) is 1. The average Bonchev–Trinajstić information content (AvgIpc) is 2.33. The summed E-state index contributed by atoms with van der Waals surface area (Å²) in [5.74, 6) is 0.917. The molecule has 1 fully saturated rings. The van der Waals surface area contributed by atoms with Gasteiger partial charge in [0.1, 0.15) is 0 Å². The zero-order chi connectivity index (χ0) is 11.2. The standard InChI is InChI=1S/C14H19NO/c16-14-10-9-13(11-15-14)8-4-7-12-5-2-1-3-6-12/h1-3,5-6,13H,4,7-11H2,(H,15,16). The molecule has 2 heteroatoms. The van der Waals surface area contributed by atoms with E-state index in [0.29, 0.717) is 5.92 Å². The van der Waals surface area contributed by atoms with Crippen LogP contribution in [0.4, 0.5) is 0 Å². The SMILES string of the molecule is O=C1CCC(CCCc2ccccc2)CN1. The molecule has 1 aromatic rings. The van der Waals surface area contributed by atoms with Crippen molar-refractivity contribution in [3.05, 3.63) is 35.9 Å². The third-order valence-corrected chi connectivity index (χ3v) is 3.29. The summed E-state index contributed by atoms with van der Waals surface area (Å²) in [5.41, 5.74) is 1.42. The van der Waals surface area contributed by atoms with Gasteiger partial charge in [-0.2, -0.15) is 0 Å². The van der Waals surface area contributed by atoms with Crippen molar-refractivity contribution in [2.24, 2.45) is 5.92 Å². The fourth-order valence-corrected chi connectivity index (χ4v) is 2.27. The zero-order valence-electron chi connectivity index (χ0n) is 9.61. The van der Waals surface area contributed by atoms with Gasteiger partial charge in [-0.3, -0.25) is 4.79 Å². The van der Waals surface area contributed by atoms with Gasteiger partial charge < -0.3 is 5.32 Å². The number of rotatable bonds is 4. The number of carbonyl (C=O) groups excluding carboxylic acids is 1. The number of amides is 1. The van der Waals surface area contributed by atoms with E-state index in [-0.39, 0.29) is 5.91 Å². The first-order valence-corrected chi connectivity index (χ1v) is 6.15. The van der Waals surface area contributed by atoms with Crippen molar-refractivity contribution in [1.82, 2.24) is 5.32 Å². The summed E-state index contributed by atoms with van der Waals surface area (Å²) >= 11 is 0. The Morgan fingerprint density at radius 2 is 2.06 bits per heavy atom. The maximum atomic E-state index is 11.0. The summed E-state index contributed by atoms with van der Waals surface area (Å²) in [5, 5.41) is 2.94. The molecule has 1 N–H and O–H groups in total. The lowest BCUT2D eigenvalue weighted by atomic mass is 9.93. The van der Waals surface area contributed by atoms with E-state index in [0.717, 1.165) is 25.8 Å². The van der Waals surface area contributed by atoms with Crippen molar-refractivity contribution in [2.75, 3.05) is 6.54 Å². The Labute approximate surface area is 97.1 Å². The molecule has 86 valence electrons. The minimum Gasteiger partial charge on any atom is -0.356 e. The molecule has 0 aromatic heterocycles. The predicted octanol–water partition coefficient (Wildman–Crippen LogP) is 2.54. The molecule has 2 rings (SSSR count). The van der Waals surface area contributed by atoms with Gasteiger partial charge in [-0.25, -0.2) is 0 Å². The van der Waals surface area contributed by atoms with E-state index in [1.807, 2.05) is 0 Å². The van der Waals surface area contributed by atoms with Gasteiger partial charge in [-0.05, 0) is 37.2 Å². The van der Waals surface area contributed by atoms with Crippen LogP contribution < -0.4 is 5.32 Å². The molecule has 1 heterocycles. The molecular weight excluding hydrogens is 198 g/mol. The fraction of sp³-hybridized carbons (Fsp3) is 0.500. The summed E-state index contributed by atoms with van der Waals surface area (Å²) in [6, 6.07) is 10.6. The van der Waals surface area contributed by atoms with Crippen LogP contribution in [0.15, 0.2) is 30.3 Å². The van der Waals surface area contributed by atoms with Gasteiger partial charge in [-0.1, -0.05) is 30.3 Å². The Balaban J connectivity index is 1.67. The van der Waals surface area contributed by atoms with E-state index >= 15 is 0 Å². The lowest BCUT2D eigenvalue weighted by Gasteiger charge is -2.22. The van der Waals surface area contributed by atoms with E-state index in [1.54, 1.807) is 0 Å². The van der Waals surface area contributed by atoms with Gasteiger partial charge in [0, 0.05) is 13.0 Å². The Kier molecular flexibility index (Phi) is 3.97. The maximum absolute atomic E-state index is 11.0. The minimum absolute atomic E-state index is 0.222. The Bertz CT molecular complexity index is 324. The van der Waals surface area contributed by atoms with Gasteiger partial charge in [-0.15, -0.1) is 0 Å². The summed E-state index contributed by atoms with van der Waals surface area (Å²) < 4.78 is 0. The van der Waals surface area contributed by atoms with Crippen LogP contribution in [0.5, 0.6) is 0 Å². The van der Waals surface area contributed by atoms with Crippen LogP contribution in [0, 0.1) is 5.92 Å². The topological polar surface area (TPSA) is 29.1 Å². The molecule has 1 amide bonds.